The second kappa shape index (κ2) is 19.4. The molecule has 2 rings (SSSR count). The molecule has 2 aromatic carbocycles. The minimum absolute atomic E-state index is 0. The van der Waals surface area contributed by atoms with Crippen LogP contribution < -0.4 is 86.0 Å². The molecule has 0 amide bonds. The van der Waals surface area contributed by atoms with Crippen molar-refractivity contribution < 1.29 is 112 Å². The number of rotatable bonds is 7. The molecule has 0 radical (unpaired) electrons. The van der Waals surface area contributed by atoms with Gasteiger partial charge < -0.3 is 35.4 Å². The van der Waals surface area contributed by atoms with Crippen molar-refractivity contribution >= 4 is 46.7 Å². The number of hydrogen-bond acceptors (Lipinski definition) is 11. The molecule has 0 fully saturated rings. The molecule has 0 heterocycles. The van der Waals surface area contributed by atoms with Gasteiger partial charge in [-0.15, -0.1) is 0 Å². The van der Waals surface area contributed by atoms with Crippen LogP contribution in [0.5, 0.6) is 0 Å². The van der Waals surface area contributed by atoms with E-state index >= 15 is 0 Å². The van der Waals surface area contributed by atoms with E-state index in [4.69, 9.17) is 16.1 Å². The van der Waals surface area contributed by atoms with Crippen LogP contribution in [0, 0.1) is 11.6 Å². The Morgan fingerprint density at radius 2 is 1.14 bits per heavy atom. The number of hydrogen-bond donors (Lipinski definition) is 5. The number of benzene rings is 2. The average molecular weight is 514 g/mol. The van der Waals surface area contributed by atoms with Crippen LogP contribution in [-0.2, 0) is 24.0 Å². The Labute approximate surface area is 239 Å². The van der Waals surface area contributed by atoms with Crippen molar-refractivity contribution in [2.24, 2.45) is 10.9 Å². The monoisotopic (exact) mass is 514 g/mol. The van der Waals surface area contributed by atoms with Crippen LogP contribution in [0.4, 0.5) is 20.2 Å². The first-order chi connectivity index (χ1) is 15.4. The number of carboxylic acid groups (broad SMARTS) is 4. The second-order valence-corrected chi connectivity index (χ2v) is 5.19. The molecule has 0 aromatic heterocycles. The van der Waals surface area contributed by atoms with Crippen LogP contribution in [0.2, 0.25) is 0 Å². The fourth-order valence-electron chi connectivity index (χ4n) is 1.52. The maximum atomic E-state index is 13.0. The van der Waals surface area contributed by atoms with Gasteiger partial charge in [-0.2, -0.15) is 5.10 Å². The van der Waals surface area contributed by atoms with E-state index in [0.717, 1.165) is 6.07 Å². The standard InChI is InChI=1S/C9H7FN2O4.C6H7FN2.C3H2O5.2Na/c10-5-3-1-2-4-6(5)11-12-7(8(13)14)9(15)16;7-5-3-1-2-4-6(5)9-8;4-1(2(5)6)3(7)8;;/h1-4,11H,(H,13,14)(H,15,16);1-4,9H,8H2;(H,5,6)(H,7,8);;/q;;;2*+1/p-2. The molecule has 35 heavy (non-hydrogen) atoms. The fraction of sp³-hybridized carbons (Fsp3) is 0. The summed E-state index contributed by atoms with van der Waals surface area (Å²) >= 11 is 0. The van der Waals surface area contributed by atoms with Crippen molar-refractivity contribution in [1.29, 1.82) is 0 Å². The number of anilines is 2. The summed E-state index contributed by atoms with van der Waals surface area (Å²) in [7, 11) is 0. The van der Waals surface area contributed by atoms with E-state index < -0.39 is 41.2 Å². The number of carbonyl (C=O) groups excluding carboxylic acids is 3. The Morgan fingerprint density at radius 1 is 0.771 bits per heavy atom. The number of ketones is 1. The Hall–Kier alpha value is -2.92. The molecule has 0 aliphatic heterocycles. The van der Waals surface area contributed by atoms with Gasteiger partial charge in [-0.3, -0.25) is 16.1 Å². The van der Waals surface area contributed by atoms with Crippen molar-refractivity contribution in [3.8, 4) is 0 Å². The van der Waals surface area contributed by atoms with Gasteiger partial charge in [0, 0.05) is 0 Å². The van der Waals surface area contributed by atoms with Gasteiger partial charge in [-0.05, 0) is 24.3 Å². The Balaban J connectivity index is -0.000000463. The van der Waals surface area contributed by atoms with E-state index in [-0.39, 0.29) is 70.6 Å². The summed E-state index contributed by atoms with van der Waals surface area (Å²) < 4.78 is 25.5. The van der Waals surface area contributed by atoms with Crippen LogP contribution in [0.25, 0.3) is 0 Å². The first-order valence-electron chi connectivity index (χ1n) is 8.14. The van der Waals surface area contributed by atoms with Crippen LogP contribution in [0.1, 0.15) is 0 Å². The normalized spacial score (nSPS) is 8.43. The smallest absolute Gasteiger partial charge is 0.541 e. The number of aliphatic carboxylic acids is 4. The number of carboxylic acids is 4. The first-order valence-corrected chi connectivity index (χ1v) is 8.14. The zero-order valence-corrected chi connectivity index (χ0v) is 22.2. The third kappa shape index (κ3) is 14.8. The molecule has 0 saturated carbocycles. The summed E-state index contributed by atoms with van der Waals surface area (Å²) in [6, 6.07) is 11.6. The molecule has 0 atom stereocenters. The van der Waals surface area contributed by atoms with Gasteiger partial charge in [0.05, 0.1) is 11.4 Å². The number of nitrogens with zero attached hydrogens (tertiary/aromatic N) is 1. The first kappa shape index (κ1) is 36.6. The molecule has 0 unspecified atom stereocenters. The number of para-hydroxylation sites is 2. The van der Waals surface area contributed by atoms with Crippen molar-refractivity contribution in [2.75, 3.05) is 10.9 Å². The number of nitrogens with two attached hydrogens (primary N) is 1. The number of hydrazine groups is 1. The summed E-state index contributed by atoms with van der Waals surface area (Å²) in [6.07, 6.45) is 0. The predicted octanol–water partition coefficient (Wildman–Crippen LogP) is -8.06. The Bertz CT molecular complexity index is 1040. The third-order valence-corrected chi connectivity index (χ3v) is 2.97. The summed E-state index contributed by atoms with van der Waals surface area (Å²) in [5, 5.41) is 38.5. The predicted molar refractivity (Wildman–Crippen MR) is 102 cm³/mol. The fourth-order valence-corrected chi connectivity index (χ4v) is 1.52. The molecule has 0 aliphatic rings. The zero-order valence-electron chi connectivity index (χ0n) is 18.2. The number of nitrogens with one attached hydrogen (secondary N) is 2. The van der Waals surface area contributed by atoms with Gasteiger partial charge in [-0.25, -0.2) is 18.4 Å². The van der Waals surface area contributed by atoms with Gasteiger partial charge in [0.25, 0.3) is 5.71 Å². The number of halogens is 2. The number of nitrogen functional groups attached to an aromatic ring is 1. The molecule has 6 N–H and O–H groups in total. The van der Waals surface area contributed by atoms with Crippen LogP contribution >= 0.6 is 0 Å². The van der Waals surface area contributed by atoms with Gasteiger partial charge in [0.15, 0.2) is 0 Å². The third-order valence-electron chi connectivity index (χ3n) is 2.97. The van der Waals surface area contributed by atoms with Crippen molar-refractivity contribution in [1.82, 2.24) is 0 Å². The molecular formula is C18H14F2N4Na2O9. The van der Waals surface area contributed by atoms with E-state index in [9.17, 15) is 43.0 Å². The van der Waals surface area contributed by atoms with Crippen LogP contribution in [-0.4, -0.2) is 45.6 Å². The number of hydrazone groups is 1. The molecule has 13 nitrogen and oxygen atoms in total. The SMILES string of the molecule is NNc1ccccc1F.O=C(O)C(=NNc1ccccc1F)C(=O)O.O=C([O-])C(=O)C(=O)[O-].[Na+].[Na+]. The minimum Gasteiger partial charge on any atom is -0.541 e. The van der Waals surface area contributed by atoms with Gasteiger partial charge in [0.1, 0.15) is 23.6 Å². The minimum atomic E-state index is -2.26. The van der Waals surface area contributed by atoms with E-state index in [1.807, 2.05) is 5.43 Å². The summed E-state index contributed by atoms with van der Waals surface area (Å²) in [4.78, 5) is 48.8. The van der Waals surface area contributed by atoms with E-state index in [0.29, 0.717) is 5.69 Å². The topological polar surface area (TPSA) is 234 Å². The molecule has 0 aliphatic carbocycles. The Kier molecular flexibility index (Phi) is 20.3. The quantitative estimate of drug-likeness (QED) is 0.0579. The Morgan fingerprint density at radius 3 is 1.40 bits per heavy atom. The molecule has 0 spiro atoms. The molecule has 0 bridgehead atoms. The van der Waals surface area contributed by atoms with Crippen molar-refractivity contribution in [2.45, 2.75) is 0 Å². The average Bonchev–Trinajstić information content (AvgIpc) is 2.75. The number of carbonyl (C=O) groups is 5. The maximum Gasteiger partial charge on any atom is 1.00 e. The van der Waals surface area contributed by atoms with Gasteiger partial charge in [-0.1, -0.05) is 24.3 Å². The van der Waals surface area contributed by atoms with Gasteiger partial charge in [0.2, 0.25) is 5.78 Å². The summed E-state index contributed by atoms with van der Waals surface area (Å²) in [5.41, 5.74) is 3.33. The zero-order chi connectivity index (χ0) is 25.6. The van der Waals surface area contributed by atoms with E-state index in [1.165, 1.54) is 24.3 Å². The molecule has 17 heteroatoms. The molecule has 176 valence electrons. The van der Waals surface area contributed by atoms with Crippen LogP contribution in [0.3, 0.4) is 0 Å². The number of Topliss-reactive ketones (excluding diaryl/α,β-unsaturated/α-hetero) is 1. The molecule has 0 saturated heterocycles. The van der Waals surface area contributed by atoms with Crippen LogP contribution in [0.15, 0.2) is 53.6 Å². The van der Waals surface area contributed by atoms with Crippen molar-refractivity contribution in [3.63, 3.8) is 0 Å². The van der Waals surface area contributed by atoms with E-state index in [1.54, 1.807) is 18.2 Å². The van der Waals surface area contributed by atoms with E-state index in [2.05, 4.69) is 10.5 Å². The summed E-state index contributed by atoms with van der Waals surface area (Å²) in [5.74, 6) is -6.02. The maximum absolute atomic E-state index is 13.0. The van der Waals surface area contributed by atoms with Gasteiger partial charge >= 0.3 is 71.1 Å². The molecular weight excluding hydrogens is 500 g/mol. The van der Waals surface area contributed by atoms with Crippen molar-refractivity contribution in [3.05, 3.63) is 60.2 Å². The second-order valence-electron chi connectivity index (χ2n) is 5.19. The largest absolute Gasteiger partial charge is 1.00 e. The molecule has 2 aromatic rings. The summed E-state index contributed by atoms with van der Waals surface area (Å²) in [6.45, 7) is 0.